The molecule has 0 spiro atoms. The fourth-order valence-electron chi connectivity index (χ4n) is 2.35. The second-order valence-electron chi connectivity index (χ2n) is 4.84. The normalized spacial score (nSPS) is 19.3. The SMILES string of the molecule is Cc1ccccc1Cc1noc(C2CCNC2)n1. The van der Waals surface area contributed by atoms with Crippen molar-refractivity contribution in [1.82, 2.24) is 15.5 Å². The Labute approximate surface area is 106 Å². The van der Waals surface area contributed by atoms with Crippen molar-refractivity contribution in [3.8, 4) is 0 Å². The van der Waals surface area contributed by atoms with Crippen molar-refractivity contribution in [3.05, 3.63) is 47.1 Å². The molecule has 2 heterocycles. The van der Waals surface area contributed by atoms with Crippen molar-refractivity contribution in [2.45, 2.75) is 25.7 Å². The molecular weight excluding hydrogens is 226 g/mol. The number of benzene rings is 1. The predicted octanol–water partition coefficient (Wildman–Crippen LogP) is 2.05. The molecule has 1 unspecified atom stereocenters. The first-order chi connectivity index (χ1) is 8.83. The summed E-state index contributed by atoms with van der Waals surface area (Å²) in [4.78, 5) is 4.51. The fraction of sp³-hybridized carbons (Fsp3) is 0.429. The highest BCUT2D eigenvalue weighted by Gasteiger charge is 2.22. The molecule has 3 rings (SSSR count). The number of rotatable bonds is 3. The van der Waals surface area contributed by atoms with Crippen LogP contribution in [0.4, 0.5) is 0 Å². The fourth-order valence-corrected chi connectivity index (χ4v) is 2.35. The number of hydrogen-bond acceptors (Lipinski definition) is 4. The van der Waals surface area contributed by atoms with E-state index in [-0.39, 0.29) is 0 Å². The predicted molar refractivity (Wildman–Crippen MR) is 68.5 cm³/mol. The van der Waals surface area contributed by atoms with E-state index in [1.165, 1.54) is 11.1 Å². The van der Waals surface area contributed by atoms with Crippen molar-refractivity contribution >= 4 is 0 Å². The molecule has 1 fully saturated rings. The molecule has 1 saturated heterocycles. The molecule has 4 nitrogen and oxygen atoms in total. The van der Waals surface area contributed by atoms with Crippen molar-refractivity contribution in [2.75, 3.05) is 13.1 Å². The first kappa shape index (κ1) is 11.4. The molecule has 0 amide bonds. The summed E-state index contributed by atoms with van der Waals surface area (Å²) in [6.07, 6.45) is 1.84. The van der Waals surface area contributed by atoms with Crippen LogP contribution in [0.1, 0.15) is 35.2 Å². The molecule has 2 aromatic rings. The lowest BCUT2D eigenvalue weighted by Gasteiger charge is -2.01. The van der Waals surface area contributed by atoms with E-state index in [1.807, 2.05) is 12.1 Å². The van der Waals surface area contributed by atoms with Gasteiger partial charge in [-0.1, -0.05) is 29.4 Å². The third kappa shape index (κ3) is 2.29. The maximum Gasteiger partial charge on any atom is 0.231 e. The van der Waals surface area contributed by atoms with Crippen LogP contribution in [0.25, 0.3) is 0 Å². The summed E-state index contributed by atoms with van der Waals surface area (Å²) in [7, 11) is 0. The number of aromatic nitrogens is 2. The van der Waals surface area contributed by atoms with Crippen LogP contribution in [-0.2, 0) is 6.42 Å². The maximum absolute atomic E-state index is 5.36. The lowest BCUT2D eigenvalue weighted by molar-refractivity contribution is 0.355. The minimum absolute atomic E-state index is 0.392. The molecule has 0 radical (unpaired) electrons. The van der Waals surface area contributed by atoms with Crippen molar-refractivity contribution in [3.63, 3.8) is 0 Å². The smallest absolute Gasteiger partial charge is 0.231 e. The van der Waals surface area contributed by atoms with Crippen LogP contribution in [0.5, 0.6) is 0 Å². The monoisotopic (exact) mass is 243 g/mol. The average Bonchev–Trinajstić information content (AvgIpc) is 3.02. The molecule has 0 bridgehead atoms. The first-order valence-corrected chi connectivity index (χ1v) is 6.40. The summed E-state index contributed by atoms with van der Waals surface area (Å²) in [6.45, 7) is 4.10. The van der Waals surface area contributed by atoms with E-state index >= 15 is 0 Å². The van der Waals surface area contributed by atoms with E-state index in [0.29, 0.717) is 5.92 Å². The van der Waals surface area contributed by atoms with E-state index in [0.717, 1.165) is 37.6 Å². The van der Waals surface area contributed by atoms with Gasteiger partial charge >= 0.3 is 0 Å². The highest BCUT2D eigenvalue weighted by atomic mass is 16.5. The first-order valence-electron chi connectivity index (χ1n) is 6.40. The molecule has 18 heavy (non-hydrogen) atoms. The lowest BCUT2D eigenvalue weighted by Crippen LogP contribution is -2.08. The summed E-state index contributed by atoms with van der Waals surface area (Å²) >= 11 is 0. The van der Waals surface area contributed by atoms with Gasteiger partial charge in [-0.2, -0.15) is 4.98 Å². The Balaban J connectivity index is 1.75. The Kier molecular flexibility index (Phi) is 3.11. The molecule has 1 aliphatic heterocycles. The van der Waals surface area contributed by atoms with Crippen molar-refractivity contribution in [2.24, 2.45) is 0 Å². The van der Waals surface area contributed by atoms with Gasteiger partial charge in [0.05, 0.1) is 5.92 Å². The Morgan fingerprint density at radius 2 is 2.28 bits per heavy atom. The van der Waals surface area contributed by atoms with Gasteiger partial charge in [-0.15, -0.1) is 0 Å². The Hall–Kier alpha value is -1.68. The van der Waals surface area contributed by atoms with E-state index in [2.05, 4.69) is 34.5 Å². The molecule has 0 aliphatic carbocycles. The molecule has 1 aromatic carbocycles. The van der Waals surface area contributed by atoms with Crippen LogP contribution < -0.4 is 5.32 Å². The number of hydrogen-bond donors (Lipinski definition) is 1. The highest BCUT2D eigenvalue weighted by Crippen LogP contribution is 2.21. The summed E-state index contributed by atoms with van der Waals surface area (Å²) in [5.74, 6) is 1.96. The van der Waals surface area contributed by atoms with Crippen molar-refractivity contribution < 1.29 is 4.52 Å². The van der Waals surface area contributed by atoms with Gasteiger partial charge in [-0.3, -0.25) is 0 Å². The molecule has 94 valence electrons. The van der Waals surface area contributed by atoms with Gasteiger partial charge < -0.3 is 9.84 Å². The minimum Gasteiger partial charge on any atom is -0.339 e. The highest BCUT2D eigenvalue weighted by molar-refractivity contribution is 5.28. The third-order valence-electron chi connectivity index (χ3n) is 3.50. The van der Waals surface area contributed by atoms with Gasteiger partial charge in [0.2, 0.25) is 5.89 Å². The zero-order valence-corrected chi connectivity index (χ0v) is 10.5. The summed E-state index contributed by atoms with van der Waals surface area (Å²) in [6, 6.07) is 8.31. The Bertz CT molecular complexity index is 529. The average molecular weight is 243 g/mol. The largest absolute Gasteiger partial charge is 0.339 e. The van der Waals surface area contributed by atoms with Gasteiger partial charge in [0, 0.05) is 13.0 Å². The molecular formula is C14H17N3O. The van der Waals surface area contributed by atoms with Crippen LogP contribution >= 0.6 is 0 Å². The second kappa shape index (κ2) is 4.90. The summed E-state index contributed by atoms with van der Waals surface area (Å²) in [5.41, 5.74) is 2.53. The summed E-state index contributed by atoms with van der Waals surface area (Å²) in [5, 5.41) is 7.39. The van der Waals surface area contributed by atoms with E-state index in [1.54, 1.807) is 0 Å². The number of nitrogens with zero attached hydrogens (tertiary/aromatic N) is 2. The summed E-state index contributed by atoms with van der Waals surface area (Å²) < 4.78 is 5.36. The van der Waals surface area contributed by atoms with Gasteiger partial charge in [-0.05, 0) is 31.0 Å². The maximum atomic E-state index is 5.36. The Morgan fingerprint density at radius 3 is 3.06 bits per heavy atom. The number of nitrogens with one attached hydrogen (secondary N) is 1. The number of aryl methyl sites for hydroxylation is 1. The standard InChI is InChI=1S/C14H17N3O/c1-10-4-2-3-5-11(10)8-13-16-14(18-17-13)12-6-7-15-9-12/h2-5,12,15H,6-9H2,1H3. The van der Waals surface area contributed by atoms with Crippen LogP contribution in [0.3, 0.4) is 0 Å². The van der Waals surface area contributed by atoms with Crippen LogP contribution in [0.15, 0.2) is 28.8 Å². The quantitative estimate of drug-likeness (QED) is 0.896. The molecule has 0 saturated carbocycles. The molecule has 1 aromatic heterocycles. The van der Waals surface area contributed by atoms with Crippen LogP contribution in [0, 0.1) is 6.92 Å². The van der Waals surface area contributed by atoms with Crippen LogP contribution in [-0.4, -0.2) is 23.2 Å². The zero-order valence-electron chi connectivity index (χ0n) is 10.5. The second-order valence-corrected chi connectivity index (χ2v) is 4.84. The van der Waals surface area contributed by atoms with Gasteiger partial charge in [0.1, 0.15) is 0 Å². The molecule has 1 aliphatic rings. The van der Waals surface area contributed by atoms with E-state index < -0.39 is 0 Å². The van der Waals surface area contributed by atoms with Gasteiger partial charge in [0.15, 0.2) is 5.82 Å². The van der Waals surface area contributed by atoms with E-state index in [4.69, 9.17) is 4.52 Å². The molecule has 1 N–H and O–H groups in total. The van der Waals surface area contributed by atoms with Gasteiger partial charge in [0.25, 0.3) is 0 Å². The topological polar surface area (TPSA) is 51.0 Å². The zero-order chi connectivity index (χ0) is 12.4. The Morgan fingerprint density at radius 1 is 1.39 bits per heavy atom. The van der Waals surface area contributed by atoms with Crippen LogP contribution in [0.2, 0.25) is 0 Å². The minimum atomic E-state index is 0.392. The molecule has 4 heteroatoms. The lowest BCUT2D eigenvalue weighted by atomic mass is 10.1. The third-order valence-corrected chi connectivity index (χ3v) is 3.50. The molecule has 1 atom stereocenters. The van der Waals surface area contributed by atoms with E-state index in [9.17, 15) is 0 Å². The van der Waals surface area contributed by atoms with Crippen molar-refractivity contribution in [1.29, 1.82) is 0 Å². The van der Waals surface area contributed by atoms with Gasteiger partial charge in [-0.25, -0.2) is 0 Å².